The Bertz CT molecular complexity index is 429. The molecule has 134 valence electrons. The third kappa shape index (κ3) is 3.39. The van der Waals surface area contributed by atoms with Gasteiger partial charge in [0, 0.05) is 34.0 Å². The number of aliphatic hydroxyl groups is 1. The molecule has 1 heterocycles. The van der Waals surface area contributed by atoms with Crippen LogP contribution in [0.4, 0.5) is 0 Å². The molecule has 6 atom stereocenters. The van der Waals surface area contributed by atoms with Gasteiger partial charge in [-0.3, -0.25) is 4.79 Å². The molecule has 0 aromatic heterocycles. The number of carbonyl (C=O) groups excluding carboxylic acids is 1. The minimum atomic E-state index is -1.09. The number of ether oxygens (including phenoxy) is 5. The van der Waals surface area contributed by atoms with Crippen molar-refractivity contribution in [1.82, 2.24) is 0 Å². The van der Waals surface area contributed by atoms with Crippen molar-refractivity contribution < 1.29 is 33.6 Å². The zero-order valence-corrected chi connectivity index (χ0v) is 14.5. The standard InChI is InChI=1S/C16H28O7/c1-10-6-7-15(19-4)16(8-10,20-5)23-14(11(2)22-15)13(18)9-21-12(3)17/h10-11,13-14,18H,6-9H2,1-5H3. The Kier molecular flexibility index (Phi) is 5.68. The first-order valence-corrected chi connectivity index (χ1v) is 8.06. The van der Waals surface area contributed by atoms with Crippen molar-refractivity contribution in [3.8, 4) is 0 Å². The lowest BCUT2D eigenvalue weighted by molar-refractivity contribution is -0.476. The van der Waals surface area contributed by atoms with E-state index in [-0.39, 0.29) is 6.61 Å². The van der Waals surface area contributed by atoms with Gasteiger partial charge in [-0.2, -0.15) is 0 Å². The molecule has 7 heteroatoms. The fourth-order valence-electron chi connectivity index (χ4n) is 3.59. The Morgan fingerprint density at radius 3 is 2.48 bits per heavy atom. The Hall–Kier alpha value is -0.730. The number of rotatable bonds is 5. The zero-order valence-electron chi connectivity index (χ0n) is 14.5. The van der Waals surface area contributed by atoms with Crippen LogP contribution in [-0.4, -0.2) is 61.8 Å². The molecule has 0 bridgehead atoms. The largest absolute Gasteiger partial charge is 0.463 e. The van der Waals surface area contributed by atoms with E-state index in [1.54, 1.807) is 21.1 Å². The highest BCUT2D eigenvalue weighted by Crippen LogP contribution is 2.50. The average Bonchev–Trinajstić information content (AvgIpc) is 2.52. The van der Waals surface area contributed by atoms with Crippen molar-refractivity contribution in [3.63, 3.8) is 0 Å². The zero-order chi connectivity index (χ0) is 17.3. The molecule has 2 rings (SSSR count). The molecule has 2 aliphatic rings. The van der Waals surface area contributed by atoms with E-state index < -0.39 is 35.9 Å². The van der Waals surface area contributed by atoms with Crippen LogP contribution < -0.4 is 0 Å². The van der Waals surface area contributed by atoms with E-state index >= 15 is 0 Å². The molecule has 0 aromatic rings. The second-order valence-electron chi connectivity index (χ2n) is 6.54. The van der Waals surface area contributed by atoms with Gasteiger partial charge in [-0.25, -0.2) is 0 Å². The second kappa shape index (κ2) is 7.03. The SMILES string of the molecule is COC12CCC(C)CC1(OC)OC(C(O)COC(C)=O)C(C)O2. The first kappa shape index (κ1) is 18.6. The molecule has 1 N–H and O–H groups in total. The number of esters is 1. The van der Waals surface area contributed by atoms with E-state index in [1.807, 2.05) is 0 Å². The third-order valence-electron chi connectivity index (χ3n) is 4.83. The maximum absolute atomic E-state index is 10.9. The summed E-state index contributed by atoms with van der Waals surface area (Å²) in [6.45, 7) is 5.07. The van der Waals surface area contributed by atoms with Crippen molar-refractivity contribution in [3.05, 3.63) is 0 Å². The van der Waals surface area contributed by atoms with Gasteiger partial charge in [0.05, 0.1) is 6.10 Å². The van der Waals surface area contributed by atoms with Gasteiger partial charge in [-0.05, 0) is 19.3 Å². The molecule has 7 nitrogen and oxygen atoms in total. The summed E-state index contributed by atoms with van der Waals surface area (Å²) < 4.78 is 28.6. The minimum Gasteiger partial charge on any atom is -0.463 e. The smallest absolute Gasteiger partial charge is 0.302 e. The molecule has 0 aromatic carbocycles. The van der Waals surface area contributed by atoms with Crippen LogP contribution in [0.5, 0.6) is 0 Å². The van der Waals surface area contributed by atoms with Gasteiger partial charge in [0.2, 0.25) is 11.6 Å². The van der Waals surface area contributed by atoms with Crippen LogP contribution in [0, 0.1) is 5.92 Å². The summed E-state index contributed by atoms with van der Waals surface area (Å²) in [7, 11) is 3.14. The number of fused-ring (bicyclic) bond motifs is 1. The average molecular weight is 332 g/mol. The highest BCUT2D eigenvalue weighted by molar-refractivity contribution is 5.65. The Balaban J connectivity index is 2.22. The van der Waals surface area contributed by atoms with Crippen molar-refractivity contribution in [2.45, 2.75) is 69.9 Å². The van der Waals surface area contributed by atoms with Crippen LogP contribution in [-0.2, 0) is 28.5 Å². The summed E-state index contributed by atoms with van der Waals surface area (Å²) in [5.41, 5.74) is 0. The summed E-state index contributed by atoms with van der Waals surface area (Å²) in [5, 5.41) is 10.3. The summed E-state index contributed by atoms with van der Waals surface area (Å²) >= 11 is 0. The summed E-state index contributed by atoms with van der Waals surface area (Å²) in [4.78, 5) is 10.9. The van der Waals surface area contributed by atoms with E-state index in [4.69, 9.17) is 23.7 Å². The van der Waals surface area contributed by atoms with E-state index in [9.17, 15) is 9.90 Å². The molecular weight excluding hydrogens is 304 g/mol. The maximum atomic E-state index is 10.9. The quantitative estimate of drug-likeness (QED) is 0.758. The molecule has 0 amide bonds. The van der Waals surface area contributed by atoms with Crippen LogP contribution in [0.1, 0.15) is 40.0 Å². The van der Waals surface area contributed by atoms with E-state index in [0.717, 1.165) is 6.42 Å². The molecule has 0 spiro atoms. The second-order valence-corrected chi connectivity index (χ2v) is 6.54. The molecule has 1 saturated heterocycles. The molecule has 0 radical (unpaired) electrons. The molecule has 1 saturated carbocycles. The molecular formula is C16H28O7. The Labute approximate surface area is 137 Å². The van der Waals surface area contributed by atoms with Gasteiger partial charge >= 0.3 is 5.97 Å². The lowest BCUT2D eigenvalue weighted by Crippen LogP contribution is -2.71. The van der Waals surface area contributed by atoms with Crippen molar-refractivity contribution in [2.24, 2.45) is 5.92 Å². The number of hydrogen-bond donors (Lipinski definition) is 1. The maximum Gasteiger partial charge on any atom is 0.302 e. The third-order valence-corrected chi connectivity index (χ3v) is 4.83. The summed E-state index contributed by atoms with van der Waals surface area (Å²) in [5.74, 6) is -2.16. The van der Waals surface area contributed by atoms with Crippen LogP contribution in [0.25, 0.3) is 0 Å². The summed E-state index contributed by atoms with van der Waals surface area (Å²) in [6, 6.07) is 0. The number of methoxy groups -OCH3 is 2. The van der Waals surface area contributed by atoms with Crippen LogP contribution in [0.15, 0.2) is 0 Å². The first-order chi connectivity index (χ1) is 10.8. The van der Waals surface area contributed by atoms with E-state index in [0.29, 0.717) is 18.8 Å². The number of carbonyl (C=O) groups is 1. The van der Waals surface area contributed by atoms with Gasteiger partial charge < -0.3 is 28.8 Å². The number of hydrogen-bond acceptors (Lipinski definition) is 7. The molecule has 6 unspecified atom stereocenters. The topological polar surface area (TPSA) is 83.5 Å². The van der Waals surface area contributed by atoms with Crippen LogP contribution in [0.3, 0.4) is 0 Å². The molecule has 23 heavy (non-hydrogen) atoms. The van der Waals surface area contributed by atoms with Gasteiger partial charge in [-0.15, -0.1) is 0 Å². The normalized spacial score (nSPS) is 41.9. The lowest BCUT2D eigenvalue weighted by Gasteiger charge is -2.58. The van der Waals surface area contributed by atoms with Gasteiger partial charge in [0.15, 0.2) is 0 Å². The van der Waals surface area contributed by atoms with Gasteiger partial charge in [0.25, 0.3) is 0 Å². The highest BCUT2D eigenvalue weighted by atomic mass is 16.8. The van der Waals surface area contributed by atoms with Gasteiger partial charge in [-0.1, -0.05) is 6.92 Å². The summed E-state index contributed by atoms with van der Waals surface area (Å²) in [6.07, 6.45) is 0.0691. The molecule has 2 fully saturated rings. The lowest BCUT2D eigenvalue weighted by atomic mass is 9.79. The first-order valence-electron chi connectivity index (χ1n) is 8.06. The highest BCUT2D eigenvalue weighted by Gasteiger charge is 2.64. The van der Waals surface area contributed by atoms with Crippen molar-refractivity contribution in [1.29, 1.82) is 0 Å². The van der Waals surface area contributed by atoms with Crippen LogP contribution in [0.2, 0.25) is 0 Å². The van der Waals surface area contributed by atoms with E-state index in [1.165, 1.54) is 6.92 Å². The predicted molar refractivity (Wildman–Crippen MR) is 80.6 cm³/mol. The molecule has 1 aliphatic carbocycles. The Morgan fingerprint density at radius 2 is 1.91 bits per heavy atom. The van der Waals surface area contributed by atoms with E-state index in [2.05, 4.69) is 6.92 Å². The minimum absolute atomic E-state index is 0.150. The fraction of sp³-hybridized carbons (Fsp3) is 0.938. The van der Waals surface area contributed by atoms with Crippen molar-refractivity contribution >= 4 is 5.97 Å². The van der Waals surface area contributed by atoms with Crippen LogP contribution >= 0.6 is 0 Å². The Morgan fingerprint density at radius 1 is 1.26 bits per heavy atom. The molecule has 1 aliphatic heterocycles. The predicted octanol–water partition coefficient (Wildman–Crippen LogP) is 1.22. The monoisotopic (exact) mass is 332 g/mol. The van der Waals surface area contributed by atoms with Gasteiger partial charge in [0.1, 0.15) is 18.8 Å². The fourth-order valence-corrected chi connectivity index (χ4v) is 3.59. The number of aliphatic hydroxyl groups excluding tert-OH is 1. The van der Waals surface area contributed by atoms with Crippen molar-refractivity contribution in [2.75, 3.05) is 20.8 Å².